The molecule has 0 aromatic rings. The molecule has 0 aliphatic heterocycles. The number of hydrogen-bond donors (Lipinski definition) is 2. The number of ether oxygens (including phenoxy) is 2. The number of phosphoric ester groups is 1. The minimum Gasteiger partial charge on any atom is -0.498 e. The fourth-order valence-electron chi connectivity index (χ4n) is 7.34. The standard InChI is InChI=1S/C51H98NO7P/c1-3-5-7-9-11-13-15-17-19-21-23-24-25-26-27-28-30-32-34-36-38-40-42-44-51(53)59-50(49-58-60(54,55)57-47-45-52)48-56-46-43-41-39-37-35-33-31-29-22-20-18-16-14-12-10-8-6-4-2/h28,30,36,38,43,46,50H,3-27,29,31-35,37,39-42,44-45,47-49,52H2,1-2H3,(H,54,55)/b30-28+,38-36+,46-43+/t50-/m1/s1. The van der Waals surface area contributed by atoms with Gasteiger partial charge in [-0.1, -0.05) is 218 Å². The topological polar surface area (TPSA) is 117 Å². The van der Waals surface area contributed by atoms with Gasteiger partial charge < -0.3 is 20.1 Å². The number of carbonyl (C=O) groups is 1. The first kappa shape index (κ1) is 58.6. The minimum atomic E-state index is -4.31. The number of phosphoric acid groups is 1. The number of esters is 1. The predicted molar refractivity (Wildman–Crippen MR) is 256 cm³/mol. The Kier molecular flexibility index (Phi) is 47.4. The molecule has 0 heterocycles. The summed E-state index contributed by atoms with van der Waals surface area (Å²) in [6.45, 7) is 4.24. The zero-order valence-electron chi connectivity index (χ0n) is 39.5. The summed E-state index contributed by atoms with van der Waals surface area (Å²) in [5.41, 5.74) is 5.38. The SMILES string of the molecule is CCCCCCCCCCCCCCCC/C=C/CC/C=C/CCCC(=O)O[C@H](CO/C=C/CCCCCCCCCCCCCCCCCC)COP(=O)(O)OCCN. The number of allylic oxidation sites excluding steroid dienone is 5. The number of carbonyl (C=O) groups excluding carboxylic acids is 1. The molecule has 9 heteroatoms. The first-order valence-electron chi connectivity index (χ1n) is 25.5. The molecule has 0 spiro atoms. The zero-order chi connectivity index (χ0) is 43.7. The Morgan fingerprint density at radius 2 is 0.867 bits per heavy atom. The molecule has 354 valence electrons. The van der Waals surface area contributed by atoms with Crippen LogP contribution in [-0.2, 0) is 27.9 Å². The summed E-state index contributed by atoms with van der Waals surface area (Å²) >= 11 is 0. The number of unbranched alkanes of at least 4 members (excludes halogenated alkanes) is 32. The largest absolute Gasteiger partial charge is 0.498 e. The van der Waals surface area contributed by atoms with Crippen LogP contribution in [-0.4, -0.2) is 43.3 Å². The van der Waals surface area contributed by atoms with E-state index in [4.69, 9.17) is 24.3 Å². The van der Waals surface area contributed by atoms with Crippen molar-refractivity contribution < 1.29 is 32.8 Å². The normalized spacial score (nSPS) is 13.5. The van der Waals surface area contributed by atoms with Crippen LogP contribution in [0.3, 0.4) is 0 Å². The number of rotatable bonds is 49. The summed E-state index contributed by atoms with van der Waals surface area (Å²) in [7, 11) is -4.31. The molecular weight excluding hydrogens is 770 g/mol. The Morgan fingerprint density at radius 3 is 1.28 bits per heavy atom. The number of nitrogens with two attached hydrogens (primary N) is 1. The molecule has 60 heavy (non-hydrogen) atoms. The lowest BCUT2D eigenvalue weighted by Gasteiger charge is -2.19. The molecule has 0 aromatic carbocycles. The molecule has 0 fully saturated rings. The van der Waals surface area contributed by atoms with Gasteiger partial charge in [0, 0.05) is 13.0 Å². The molecule has 3 N–H and O–H groups in total. The van der Waals surface area contributed by atoms with Crippen LogP contribution in [0, 0.1) is 0 Å². The Labute approximate surface area is 371 Å². The third kappa shape index (κ3) is 47.6. The molecule has 0 aliphatic carbocycles. The Hall–Kier alpha value is -1.44. The van der Waals surface area contributed by atoms with Crippen molar-refractivity contribution in [2.24, 2.45) is 5.73 Å². The third-order valence-corrected chi connectivity index (χ3v) is 12.1. The van der Waals surface area contributed by atoms with Gasteiger partial charge >= 0.3 is 13.8 Å². The van der Waals surface area contributed by atoms with Gasteiger partial charge in [0.15, 0.2) is 6.10 Å². The van der Waals surface area contributed by atoms with Gasteiger partial charge in [0.2, 0.25) is 0 Å². The highest BCUT2D eigenvalue weighted by molar-refractivity contribution is 7.47. The monoisotopic (exact) mass is 868 g/mol. The van der Waals surface area contributed by atoms with Crippen LogP contribution in [0.1, 0.15) is 251 Å². The zero-order valence-corrected chi connectivity index (χ0v) is 40.3. The van der Waals surface area contributed by atoms with Crippen molar-refractivity contribution in [1.82, 2.24) is 0 Å². The second-order valence-corrected chi connectivity index (χ2v) is 18.5. The van der Waals surface area contributed by atoms with E-state index in [0.717, 1.165) is 32.1 Å². The molecular formula is C51H98NO7P. The Morgan fingerprint density at radius 1 is 0.500 bits per heavy atom. The lowest BCUT2D eigenvalue weighted by Crippen LogP contribution is -2.27. The van der Waals surface area contributed by atoms with Crippen molar-refractivity contribution >= 4 is 13.8 Å². The minimum absolute atomic E-state index is 0.0188. The number of hydrogen-bond acceptors (Lipinski definition) is 7. The summed E-state index contributed by atoms with van der Waals surface area (Å²) in [6, 6.07) is 0. The molecule has 0 saturated carbocycles. The second-order valence-electron chi connectivity index (χ2n) is 17.1. The highest BCUT2D eigenvalue weighted by Crippen LogP contribution is 2.43. The maximum absolute atomic E-state index is 12.6. The van der Waals surface area contributed by atoms with Crippen molar-refractivity contribution in [1.29, 1.82) is 0 Å². The van der Waals surface area contributed by atoms with Crippen LogP contribution in [0.5, 0.6) is 0 Å². The van der Waals surface area contributed by atoms with Crippen LogP contribution in [0.15, 0.2) is 36.6 Å². The van der Waals surface area contributed by atoms with Gasteiger partial charge in [-0.25, -0.2) is 4.57 Å². The summed E-state index contributed by atoms with van der Waals surface area (Å²) in [5, 5.41) is 0. The lowest BCUT2D eigenvalue weighted by atomic mass is 10.0. The van der Waals surface area contributed by atoms with E-state index in [0.29, 0.717) is 6.42 Å². The molecule has 0 radical (unpaired) electrons. The summed E-state index contributed by atoms with van der Waals surface area (Å²) in [5.74, 6) is -0.389. The maximum atomic E-state index is 12.6. The van der Waals surface area contributed by atoms with E-state index in [1.807, 2.05) is 6.08 Å². The van der Waals surface area contributed by atoms with Crippen LogP contribution in [0.2, 0.25) is 0 Å². The van der Waals surface area contributed by atoms with Crippen LogP contribution >= 0.6 is 7.82 Å². The van der Waals surface area contributed by atoms with E-state index >= 15 is 0 Å². The second kappa shape index (κ2) is 48.6. The van der Waals surface area contributed by atoms with E-state index in [2.05, 4.69) is 38.2 Å². The molecule has 8 nitrogen and oxygen atoms in total. The van der Waals surface area contributed by atoms with Gasteiger partial charge in [-0.3, -0.25) is 13.8 Å². The Balaban J connectivity index is 4.02. The van der Waals surface area contributed by atoms with Crippen molar-refractivity contribution in [3.63, 3.8) is 0 Å². The van der Waals surface area contributed by atoms with E-state index in [1.54, 1.807) is 6.26 Å². The molecule has 0 aliphatic rings. The molecule has 2 atom stereocenters. The van der Waals surface area contributed by atoms with Gasteiger partial charge in [0.25, 0.3) is 0 Å². The molecule has 0 bridgehead atoms. The van der Waals surface area contributed by atoms with Crippen molar-refractivity contribution in [3.8, 4) is 0 Å². The smallest absolute Gasteiger partial charge is 0.472 e. The van der Waals surface area contributed by atoms with E-state index < -0.39 is 13.9 Å². The van der Waals surface area contributed by atoms with Gasteiger partial charge in [-0.05, 0) is 57.4 Å². The van der Waals surface area contributed by atoms with Crippen LogP contribution in [0.4, 0.5) is 0 Å². The summed E-state index contributed by atoms with van der Waals surface area (Å²) in [4.78, 5) is 22.5. The quantitative estimate of drug-likeness (QED) is 0.0204. The highest BCUT2D eigenvalue weighted by atomic mass is 31.2. The van der Waals surface area contributed by atoms with Gasteiger partial charge in [0.05, 0.1) is 19.5 Å². The average Bonchev–Trinajstić information content (AvgIpc) is 3.24. The highest BCUT2D eigenvalue weighted by Gasteiger charge is 2.25. The first-order chi connectivity index (χ1) is 29.4. The van der Waals surface area contributed by atoms with Crippen molar-refractivity contribution in [2.75, 3.05) is 26.4 Å². The molecule has 0 amide bonds. The fraction of sp³-hybridized carbons (Fsp3) is 0.863. The lowest BCUT2D eigenvalue weighted by molar-refractivity contribution is -0.153. The average molecular weight is 868 g/mol. The first-order valence-corrected chi connectivity index (χ1v) is 27.0. The van der Waals surface area contributed by atoms with Crippen LogP contribution in [0.25, 0.3) is 0 Å². The summed E-state index contributed by atoms with van der Waals surface area (Å²) in [6.07, 6.45) is 58.6. The third-order valence-electron chi connectivity index (χ3n) is 11.1. The molecule has 0 aromatic heterocycles. The molecule has 0 rings (SSSR count). The van der Waals surface area contributed by atoms with E-state index in [9.17, 15) is 14.3 Å². The van der Waals surface area contributed by atoms with E-state index in [1.165, 1.54) is 193 Å². The Bertz CT molecular complexity index is 1020. The van der Waals surface area contributed by atoms with Crippen molar-refractivity contribution in [2.45, 2.75) is 258 Å². The van der Waals surface area contributed by atoms with Crippen molar-refractivity contribution in [3.05, 3.63) is 36.6 Å². The van der Waals surface area contributed by atoms with Gasteiger partial charge in [-0.2, -0.15) is 0 Å². The molecule has 0 saturated heterocycles. The maximum Gasteiger partial charge on any atom is 0.472 e. The van der Waals surface area contributed by atoms with E-state index in [-0.39, 0.29) is 38.8 Å². The van der Waals surface area contributed by atoms with Gasteiger partial charge in [-0.15, -0.1) is 0 Å². The predicted octanol–water partition coefficient (Wildman–Crippen LogP) is 16.1. The summed E-state index contributed by atoms with van der Waals surface area (Å²) < 4.78 is 33.3. The molecule has 1 unspecified atom stereocenters. The van der Waals surface area contributed by atoms with Crippen LogP contribution < -0.4 is 5.73 Å². The van der Waals surface area contributed by atoms with Gasteiger partial charge in [0.1, 0.15) is 6.61 Å². The fourth-order valence-corrected chi connectivity index (χ4v) is 8.10.